The van der Waals surface area contributed by atoms with Gasteiger partial charge >= 0.3 is 19.8 Å². The Morgan fingerprint density at radius 2 is 1.03 bits per heavy atom. The molecule has 1 saturated heterocycles. The molecule has 522 valence electrons. The molecule has 0 radical (unpaired) electrons. The summed E-state index contributed by atoms with van der Waals surface area (Å²) in [6, 6.07) is 26.3. The Morgan fingerprint density at radius 3 is 1.49 bits per heavy atom. The maximum Gasteiger partial charge on any atom is 0.588 e. The standard InChI is InChI=1S/C75H125N2O13PSi/c1-9-12-15-18-21-24-27-29-32-40-49-64(50-41-33-30-28-25-22-19-16-13-10-2)74(80)87-73-71(76-69(78)58-67(85-62-82-56-57-92(6,7)8)55-42-34-31-26-23-20-17-14-11-3)75(84-60-63-47-38-35-39-48-63)86-68(61-83-70(79)59-77(4)5)72(73)90-91(81,88-65-51-43-36-44-52-65)89-66-53-45-37-46-54-66/h35-39,43-48,51-54,64,67-68,71-73,75H,9-34,40-42,49-50,55-62H2,1-8H3,(H,76,78)/t67-,68-,71-,72-,73-,75-/m1/s1. The zero-order valence-corrected chi connectivity index (χ0v) is 60.4. The molecule has 92 heavy (non-hydrogen) atoms. The van der Waals surface area contributed by atoms with Crippen molar-refractivity contribution in [1.82, 2.24) is 10.2 Å². The monoisotopic (exact) mass is 1320 g/mol. The van der Waals surface area contributed by atoms with Crippen LogP contribution >= 0.6 is 7.82 Å². The molecule has 6 atom stereocenters. The second kappa shape index (κ2) is 49.4. The van der Waals surface area contributed by atoms with Crippen LogP contribution in [0.25, 0.3) is 0 Å². The number of phosphoric ester groups is 1. The number of rotatable bonds is 56. The molecule has 0 aliphatic carbocycles. The molecule has 1 N–H and O–H groups in total. The summed E-state index contributed by atoms with van der Waals surface area (Å²) < 4.78 is 74.4. The Morgan fingerprint density at radius 1 is 0.587 bits per heavy atom. The van der Waals surface area contributed by atoms with Gasteiger partial charge in [0.1, 0.15) is 43.1 Å². The highest BCUT2D eigenvalue weighted by Gasteiger charge is 2.55. The van der Waals surface area contributed by atoms with Gasteiger partial charge in [-0.2, -0.15) is 0 Å². The van der Waals surface area contributed by atoms with E-state index in [0.717, 1.165) is 82.2 Å². The molecule has 1 heterocycles. The first-order valence-corrected chi connectivity index (χ1v) is 41.4. The number of hydrogen-bond acceptors (Lipinski definition) is 14. The molecule has 0 unspecified atom stereocenters. The Balaban J connectivity index is 1.82. The normalized spacial score (nSPS) is 17.2. The van der Waals surface area contributed by atoms with Crippen LogP contribution in [0.4, 0.5) is 0 Å². The van der Waals surface area contributed by atoms with Crippen molar-refractivity contribution < 1.29 is 60.9 Å². The number of ether oxygens (including phenoxy) is 6. The topological polar surface area (TPSA) is 167 Å². The molecule has 0 aromatic heterocycles. The molecular weight excluding hydrogens is 1200 g/mol. The van der Waals surface area contributed by atoms with Crippen LogP contribution in [-0.4, -0.2) is 108 Å². The molecule has 1 aliphatic rings. The fourth-order valence-corrected chi connectivity index (χ4v) is 13.8. The van der Waals surface area contributed by atoms with Crippen LogP contribution in [0.1, 0.15) is 238 Å². The van der Waals surface area contributed by atoms with Crippen molar-refractivity contribution >= 4 is 33.7 Å². The van der Waals surface area contributed by atoms with Crippen LogP contribution in [0, 0.1) is 5.92 Å². The van der Waals surface area contributed by atoms with Gasteiger partial charge in [-0.1, -0.05) is 293 Å². The molecule has 3 aromatic rings. The first-order valence-electron chi connectivity index (χ1n) is 36.2. The number of carbonyl (C=O) groups is 3. The number of esters is 2. The van der Waals surface area contributed by atoms with E-state index < -0.39 is 83.0 Å². The minimum Gasteiger partial charge on any atom is -0.462 e. The number of nitrogens with zero attached hydrogens (tertiary/aromatic N) is 1. The summed E-state index contributed by atoms with van der Waals surface area (Å²) in [6.07, 6.45) is 29.0. The summed E-state index contributed by atoms with van der Waals surface area (Å²) >= 11 is 0. The number of unbranched alkanes of at least 4 members (excludes halogenated alkanes) is 26. The van der Waals surface area contributed by atoms with Crippen molar-refractivity contribution in [3.05, 3.63) is 96.6 Å². The average molecular weight is 1320 g/mol. The third-order valence-electron chi connectivity index (χ3n) is 17.1. The van der Waals surface area contributed by atoms with E-state index in [2.05, 4.69) is 45.7 Å². The number of para-hydroxylation sites is 2. The largest absolute Gasteiger partial charge is 0.588 e. The van der Waals surface area contributed by atoms with E-state index >= 15 is 14.2 Å². The van der Waals surface area contributed by atoms with Crippen LogP contribution in [-0.2, 0) is 58.5 Å². The molecule has 0 bridgehead atoms. The van der Waals surface area contributed by atoms with Gasteiger partial charge in [-0.15, -0.1) is 0 Å². The van der Waals surface area contributed by atoms with Gasteiger partial charge < -0.3 is 42.8 Å². The lowest BCUT2D eigenvalue weighted by Crippen LogP contribution is -2.66. The molecule has 1 amide bonds. The maximum atomic E-state index is 15.8. The molecule has 17 heteroatoms. The smallest absolute Gasteiger partial charge is 0.462 e. The first kappa shape index (κ1) is 80.3. The highest BCUT2D eigenvalue weighted by molar-refractivity contribution is 7.49. The van der Waals surface area contributed by atoms with Crippen molar-refractivity contribution in [2.75, 3.05) is 40.6 Å². The zero-order valence-electron chi connectivity index (χ0n) is 58.5. The summed E-state index contributed by atoms with van der Waals surface area (Å²) in [7, 11) is -2.72. The molecule has 4 rings (SSSR count). The Kier molecular flexibility index (Phi) is 43.1. The van der Waals surface area contributed by atoms with Gasteiger partial charge in [-0.25, -0.2) is 4.57 Å². The predicted octanol–water partition coefficient (Wildman–Crippen LogP) is 19.3. The van der Waals surface area contributed by atoms with Crippen LogP contribution in [0.15, 0.2) is 91.0 Å². The van der Waals surface area contributed by atoms with E-state index in [0.29, 0.717) is 25.9 Å². The van der Waals surface area contributed by atoms with Crippen molar-refractivity contribution in [3.8, 4) is 11.5 Å². The number of amides is 1. The van der Waals surface area contributed by atoms with E-state index in [1.54, 1.807) is 79.7 Å². The minimum absolute atomic E-state index is 0.0309. The summed E-state index contributed by atoms with van der Waals surface area (Å²) in [6.45, 7) is 13.8. The number of hydrogen-bond donors (Lipinski definition) is 1. The fourth-order valence-electron chi connectivity index (χ4n) is 11.6. The zero-order chi connectivity index (χ0) is 66.3. The average Bonchev–Trinajstić information content (AvgIpc) is 0.793. The number of benzene rings is 3. The molecule has 1 fully saturated rings. The van der Waals surface area contributed by atoms with Gasteiger partial charge in [0, 0.05) is 14.7 Å². The van der Waals surface area contributed by atoms with Crippen LogP contribution in [0.5, 0.6) is 11.5 Å². The molecular formula is C75H125N2O13PSi. The van der Waals surface area contributed by atoms with Crippen LogP contribution in [0.3, 0.4) is 0 Å². The predicted molar refractivity (Wildman–Crippen MR) is 375 cm³/mol. The second-order valence-corrected chi connectivity index (χ2v) is 34.3. The SMILES string of the molecule is CCCCCCCCCCCCC(CCCCCCCCCCCC)C(=O)O[C@@H]1[C@@H](NC(=O)C[C@@H](CCCCCCCCCCC)OCOCC[Si](C)(C)C)[C@H](OCc2ccccc2)O[C@H](COC(=O)CN(C)C)[C@H]1OP(=O)(Oc1ccccc1)Oc1ccccc1. The quantitative estimate of drug-likeness (QED) is 0.0186. The molecule has 1 aliphatic heterocycles. The van der Waals surface area contributed by atoms with Crippen molar-refractivity contribution in [2.45, 2.75) is 302 Å². The third kappa shape index (κ3) is 37.2. The lowest BCUT2D eigenvalue weighted by Gasteiger charge is -2.46. The second-order valence-electron chi connectivity index (χ2n) is 27.2. The number of nitrogens with one attached hydrogen (secondary N) is 1. The Labute approximate surface area is 558 Å². The van der Waals surface area contributed by atoms with E-state index in [4.69, 9.17) is 42.0 Å². The van der Waals surface area contributed by atoms with Gasteiger partial charge in [0.25, 0.3) is 0 Å². The fraction of sp³-hybridized carbons (Fsp3) is 0.720. The van der Waals surface area contributed by atoms with Gasteiger partial charge in [0.05, 0.1) is 31.6 Å². The van der Waals surface area contributed by atoms with Gasteiger partial charge in [-0.05, 0) is 69.2 Å². The highest BCUT2D eigenvalue weighted by atomic mass is 31.2. The summed E-state index contributed by atoms with van der Waals surface area (Å²) in [5, 5.41) is 3.24. The lowest BCUT2D eigenvalue weighted by molar-refractivity contribution is -0.275. The van der Waals surface area contributed by atoms with E-state index in [1.807, 2.05) is 30.3 Å². The maximum absolute atomic E-state index is 15.8. The van der Waals surface area contributed by atoms with Crippen molar-refractivity contribution in [1.29, 1.82) is 0 Å². The Hall–Kier alpha value is -4.12. The molecule has 0 spiro atoms. The van der Waals surface area contributed by atoms with Crippen molar-refractivity contribution in [3.63, 3.8) is 0 Å². The van der Waals surface area contributed by atoms with Crippen LogP contribution < -0.4 is 14.4 Å². The number of likely N-dealkylation sites (N-methyl/N-ethyl adjacent to an activating group) is 1. The minimum atomic E-state index is -4.85. The van der Waals surface area contributed by atoms with E-state index in [1.165, 1.54) is 116 Å². The number of phosphoric acid groups is 1. The van der Waals surface area contributed by atoms with Gasteiger partial charge in [0.2, 0.25) is 5.91 Å². The third-order valence-corrected chi connectivity index (χ3v) is 20.2. The Bertz CT molecular complexity index is 2300. The van der Waals surface area contributed by atoms with Gasteiger partial charge in [-0.3, -0.25) is 23.8 Å². The summed E-state index contributed by atoms with van der Waals surface area (Å²) in [4.78, 5) is 46.1. The van der Waals surface area contributed by atoms with Crippen LogP contribution in [0.2, 0.25) is 25.7 Å². The summed E-state index contributed by atoms with van der Waals surface area (Å²) in [5.41, 5.74) is 0.815. The summed E-state index contributed by atoms with van der Waals surface area (Å²) in [5.74, 6) is -1.62. The van der Waals surface area contributed by atoms with E-state index in [9.17, 15) is 4.79 Å². The van der Waals surface area contributed by atoms with Gasteiger partial charge in [0.15, 0.2) is 12.4 Å². The molecule has 0 saturated carbocycles. The van der Waals surface area contributed by atoms with E-state index in [-0.39, 0.29) is 37.9 Å². The molecule has 15 nitrogen and oxygen atoms in total. The van der Waals surface area contributed by atoms with Crippen molar-refractivity contribution in [2.24, 2.45) is 5.92 Å². The highest BCUT2D eigenvalue weighted by Crippen LogP contribution is 2.53. The number of carbonyl (C=O) groups excluding carboxylic acids is 3. The molecule has 3 aromatic carbocycles. The lowest BCUT2D eigenvalue weighted by atomic mass is 9.92. The first-order chi connectivity index (χ1) is 44.6.